The molecule has 0 spiro atoms. The predicted octanol–water partition coefficient (Wildman–Crippen LogP) is 3.99. The Hall–Kier alpha value is -0.670. The summed E-state index contributed by atoms with van der Waals surface area (Å²) in [6, 6.07) is 2.68. The van der Waals surface area contributed by atoms with E-state index in [1.54, 1.807) is 0 Å². The lowest BCUT2D eigenvalue weighted by Gasteiger charge is -2.36. The zero-order chi connectivity index (χ0) is 12.3. The fourth-order valence-corrected chi connectivity index (χ4v) is 3.08. The Morgan fingerprint density at radius 3 is 3.00 bits per heavy atom. The number of aromatic amines is 1. The second-order valence-electron chi connectivity index (χ2n) is 4.98. The molecule has 1 unspecified atom stereocenters. The molecule has 1 aromatic heterocycles. The Balaban J connectivity index is 2.26. The number of rotatable bonds is 3. The van der Waals surface area contributed by atoms with Crippen LogP contribution in [0.1, 0.15) is 49.8 Å². The van der Waals surface area contributed by atoms with Crippen LogP contribution in [0.2, 0.25) is 0 Å². The number of H-pyrrole nitrogens is 1. The highest BCUT2D eigenvalue weighted by Gasteiger charge is 2.24. The lowest BCUT2D eigenvalue weighted by Crippen LogP contribution is -2.34. The van der Waals surface area contributed by atoms with Crippen molar-refractivity contribution in [3.8, 4) is 0 Å². The van der Waals surface area contributed by atoms with Crippen LogP contribution in [0.4, 0.5) is 0 Å². The van der Waals surface area contributed by atoms with Crippen LogP contribution in [0.25, 0.3) is 0 Å². The molecule has 0 amide bonds. The van der Waals surface area contributed by atoms with E-state index in [0.717, 1.165) is 4.64 Å². The molecule has 1 fully saturated rings. The summed E-state index contributed by atoms with van der Waals surface area (Å²) < 4.78 is 0.837. The fraction of sp³-hybridized carbons (Fsp3) is 0.643. The summed E-state index contributed by atoms with van der Waals surface area (Å²) in [5, 5.41) is 0. The molecular weight excluding hydrogens is 228 g/mol. The topological polar surface area (TPSA) is 19.0 Å². The van der Waals surface area contributed by atoms with Gasteiger partial charge in [-0.2, -0.15) is 0 Å². The van der Waals surface area contributed by atoms with Gasteiger partial charge in [-0.3, -0.25) is 4.90 Å². The van der Waals surface area contributed by atoms with Crippen molar-refractivity contribution in [2.24, 2.45) is 0 Å². The van der Waals surface area contributed by atoms with E-state index in [1.165, 1.54) is 49.9 Å². The summed E-state index contributed by atoms with van der Waals surface area (Å²) in [7, 11) is 0. The number of piperidine rings is 1. The molecule has 1 N–H and O–H groups in total. The number of pyridine rings is 1. The van der Waals surface area contributed by atoms with Crippen molar-refractivity contribution in [2.75, 3.05) is 13.1 Å². The van der Waals surface area contributed by atoms with Gasteiger partial charge in [0, 0.05) is 12.2 Å². The molecule has 1 atom stereocenters. The molecule has 3 heteroatoms. The molecule has 1 aromatic rings. The molecule has 0 aromatic carbocycles. The summed E-state index contributed by atoms with van der Waals surface area (Å²) in [4.78, 5) is 5.82. The molecule has 2 nitrogen and oxygen atoms in total. The zero-order valence-electron chi connectivity index (χ0n) is 10.8. The molecule has 0 aliphatic carbocycles. The molecule has 2 heterocycles. The first-order chi connectivity index (χ1) is 8.22. The first kappa shape index (κ1) is 12.8. The fourth-order valence-electron chi connectivity index (χ4n) is 2.84. The Morgan fingerprint density at radius 2 is 2.29 bits per heavy atom. The van der Waals surface area contributed by atoms with E-state index >= 15 is 0 Å². The van der Waals surface area contributed by atoms with E-state index < -0.39 is 0 Å². The Bertz CT molecular complexity index is 422. The van der Waals surface area contributed by atoms with Gasteiger partial charge in [0.05, 0.1) is 0 Å². The van der Waals surface area contributed by atoms with Crippen LogP contribution in [0.5, 0.6) is 0 Å². The quantitative estimate of drug-likeness (QED) is 0.818. The summed E-state index contributed by atoms with van der Waals surface area (Å²) in [5.41, 5.74) is 2.77. The Labute approximate surface area is 109 Å². The average Bonchev–Trinajstić information content (AvgIpc) is 2.31. The van der Waals surface area contributed by atoms with Gasteiger partial charge in [0.1, 0.15) is 4.64 Å². The molecule has 1 aliphatic heterocycles. The number of nitrogens with one attached hydrogen (secondary N) is 1. The van der Waals surface area contributed by atoms with Crippen LogP contribution in [0, 0.1) is 11.6 Å². The average molecular weight is 250 g/mol. The van der Waals surface area contributed by atoms with Crippen LogP contribution >= 0.6 is 12.2 Å². The summed E-state index contributed by atoms with van der Waals surface area (Å²) >= 11 is 5.17. The summed E-state index contributed by atoms with van der Waals surface area (Å²) in [6.45, 7) is 6.89. The second-order valence-corrected chi connectivity index (χ2v) is 5.42. The van der Waals surface area contributed by atoms with Gasteiger partial charge in [-0.1, -0.05) is 25.6 Å². The highest BCUT2D eigenvalue weighted by molar-refractivity contribution is 7.71. The van der Waals surface area contributed by atoms with E-state index in [0.29, 0.717) is 6.04 Å². The first-order valence-corrected chi connectivity index (χ1v) is 7.06. The minimum atomic E-state index is 0.593. The smallest absolute Gasteiger partial charge is 0.103 e. The third-order valence-corrected chi connectivity index (χ3v) is 3.89. The van der Waals surface area contributed by atoms with Gasteiger partial charge in [0.2, 0.25) is 0 Å². The number of nitrogens with zero attached hydrogens (tertiary/aromatic N) is 1. The Kier molecular flexibility index (Phi) is 4.35. The predicted molar refractivity (Wildman–Crippen MR) is 74.8 cm³/mol. The molecule has 94 valence electrons. The lowest BCUT2D eigenvalue weighted by atomic mass is 9.93. The van der Waals surface area contributed by atoms with Crippen LogP contribution in [0.3, 0.4) is 0 Å². The van der Waals surface area contributed by atoms with Crippen LogP contribution in [-0.2, 0) is 0 Å². The van der Waals surface area contributed by atoms with Gasteiger partial charge in [-0.15, -0.1) is 0 Å². The van der Waals surface area contributed by atoms with Gasteiger partial charge in [0.15, 0.2) is 0 Å². The highest BCUT2D eigenvalue weighted by Crippen LogP contribution is 2.32. The van der Waals surface area contributed by atoms with Gasteiger partial charge in [0.25, 0.3) is 0 Å². The molecule has 17 heavy (non-hydrogen) atoms. The van der Waals surface area contributed by atoms with Crippen LogP contribution in [-0.4, -0.2) is 23.0 Å². The Morgan fingerprint density at radius 1 is 1.47 bits per heavy atom. The standard InChI is InChI=1S/C14H22N2S/c1-3-7-16-8-5-4-6-13(16)12-10-15-14(17)9-11(12)2/h9-10,13H,3-8H2,1-2H3,(H,15,17). The molecule has 2 rings (SSSR count). The molecular formula is C14H22N2S. The lowest BCUT2D eigenvalue weighted by molar-refractivity contribution is 0.148. The normalized spacial score (nSPS) is 21.6. The van der Waals surface area contributed by atoms with E-state index in [2.05, 4.69) is 36.0 Å². The van der Waals surface area contributed by atoms with Crippen molar-refractivity contribution in [1.82, 2.24) is 9.88 Å². The molecule has 1 aliphatic rings. The van der Waals surface area contributed by atoms with E-state index in [9.17, 15) is 0 Å². The molecule has 1 saturated heterocycles. The van der Waals surface area contributed by atoms with Gasteiger partial charge in [-0.05, 0) is 56.5 Å². The van der Waals surface area contributed by atoms with Crippen molar-refractivity contribution in [3.63, 3.8) is 0 Å². The molecule has 0 bridgehead atoms. The van der Waals surface area contributed by atoms with Crippen molar-refractivity contribution >= 4 is 12.2 Å². The van der Waals surface area contributed by atoms with Crippen LogP contribution in [0.15, 0.2) is 12.3 Å². The van der Waals surface area contributed by atoms with Crippen LogP contribution < -0.4 is 0 Å². The zero-order valence-corrected chi connectivity index (χ0v) is 11.6. The monoisotopic (exact) mass is 250 g/mol. The minimum Gasteiger partial charge on any atom is -0.353 e. The molecule has 0 saturated carbocycles. The van der Waals surface area contributed by atoms with Gasteiger partial charge >= 0.3 is 0 Å². The third-order valence-electron chi connectivity index (χ3n) is 3.66. The maximum Gasteiger partial charge on any atom is 0.103 e. The van der Waals surface area contributed by atoms with Crippen molar-refractivity contribution in [3.05, 3.63) is 28.0 Å². The summed E-state index contributed by atoms with van der Waals surface area (Å²) in [6.07, 6.45) is 7.33. The van der Waals surface area contributed by atoms with Crippen molar-refractivity contribution in [2.45, 2.75) is 45.6 Å². The van der Waals surface area contributed by atoms with Gasteiger partial charge < -0.3 is 4.98 Å². The number of aryl methyl sites for hydroxylation is 1. The van der Waals surface area contributed by atoms with Crippen molar-refractivity contribution in [1.29, 1.82) is 0 Å². The first-order valence-electron chi connectivity index (χ1n) is 6.65. The number of hydrogen-bond donors (Lipinski definition) is 1. The molecule has 0 radical (unpaired) electrons. The number of likely N-dealkylation sites (tertiary alicyclic amines) is 1. The second kappa shape index (κ2) is 5.78. The van der Waals surface area contributed by atoms with Crippen molar-refractivity contribution < 1.29 is 0 Å². The van der Waals surface area contributed by atoms with E-state index in [-0.39, 0.29) is 0 Å². The maximum atomic E-state index is 5.17. The SMILES string of the molecule is CCCN1CCCCC1c1c[nH]c(=S)cc1C. The van der Waals surface area contributed by atoms with Gasteiger partial charge in [-0.25, -0.2) is 0 Å². The summed E-state index contributed by atoms with van der Waals surface area (Å²) in [5.74, 6) is 0. The third kappa shape index (κ3) is 2.96. The number of hydrogen-bond acceptors (Lipinski definition) is 2. The minimum absolute atomic E-state index is 0.593. The van der Waals surface area contributed by atoms with E-state index in [1.807, 2.05) is 0 Å². The number of aromatic nitrogens is 1. The van der Waals surface area contributed by atoms with E-state index in [4.69, 9.17) is 12.2 Å². The maximum absolute atomic E-state index is 5.17. The highest BCUT2D eigenvalue weighted by atomic mass is 32.1. The largest absolute Gasteiger partial charge is 0.353 e.